The molecule has 0 saturated heterocycles. The van der Waals surface area contributed by atoms with Gasteiger partial charge in [-0.15, -0.1) is 0 Å². The van der Waals surface area contributed by atoms with Crippen LogP contribution in [0.5, 0.6) is 5.75 Å². The summed E-state index contributed by atoms with van der Waals surface area (Å²) >= 11 is 0. The van der Waals surface area contributed by atoms with Crippen molar-refractivity contribution in [1.82, 2.24) is 4.90 Å². The molecule has 112 valence electrons. The number of ether oxygens (including phenoxy) is 1. The van der Waals surface area contributed by atoms with Gasteiger partial charge in [0.15, 0.2) is 0 Å². The number of benzene rings is 1. The number of hydrogen-bond donors (Lipinski definition) is 1. The van der Waals surface area contributed by atoms with E-state index in [1.165, 1.54) is 11.1 Å². The van der Waals surface area contributed by atoms with Crippen LogP contribution in [-0.4, -0.2) is 30.1 Å². The zero-order valence-electron chi connectivity index (χ0n) is 13.3. The molecule has 0 fully saturated rings. The van der Waals surface area contributed by atoms with Crippen molar-refractivity contribution >= 4 is 0 Å². The summed E-state index contributed by atoms with van der Waals surface area (Å²) in [5.41, 5.74) is 8.55. The second kappa shape index (κ2) is 6.15. The highest BCUT2D eigenvalue weighted by Gasteiger charge is 2.33. The Morgan fingerprint density at radius 1 is 1.35 bits per heavy atom. The van der Waals surface area contributed by atoms with E-state index < -0.39 is 0 Å². The Hall–Kier alpha value is -1.06. The van der Waals surface area contributed by atoms with E-state index in [4.69, 9.17) is 10.5 Å². The summed E-state index contributed by atoms with van der Waals surface area (Å²) in [5, 5.41) is 0. The number of nitrogens with two attached hydrogens (primary N) is 1. The molecule has 2 N–H and O–H groups in total. The second-order valence-electron chi connectivity index (χ2n) is 6.25. The molecule has 0 bridgehead atoms. The van der Waals surface area contributed by atoms with Crippen LogP contribution < -0.4 is 10.5 Å². The molecule has 3 heteroatoms. The maximum atomic E-state index is 6.20. The van der Waals surface area contributed by atoms with Gasteiger partial charge >= 0.3 is 0 Å². The van der Waals surface area contributed by atoms with Gasteiger partial charge in [-0.25, -0.2) is 0 Å². The summed E-state index contributed by atoms with van der Waals surface area (Å²) in [6.07, 6.45) is 2.12. The van der Waals surface area contributed by atoms with E-state index in [9.17, 15) is 0 Å². The first-order valence-electron chi connectivity index (χ1n) is 7.77. The van der Waals surface area contributed by atoms with E-state index in [1.807, 2.05) is 0 Å². The van der Waals surface area contributed by atoms with Crippen molar-refractivity contribution in [2.75, 3.05) is 19.6 Å². The summed E-state index contributed by atoms with van der Waals surface area (Å²) in [6, 6.07) is 6.75. The van der Waals surface area contributed by atoms with Crippen molar-refractivity contribution in [1.29, 1.82) is 0 Å². The zero-order chi connectivity index (χ0) is 14.8. The van der Waals surface area contributed by atoms with Gasteiger partial charge in [0, 0.05) is 18.5 Å². The molecule has 1 atom stereocenters. The number of likely N-dealkylation sites (N-methyl/N-ethyl adjacent to an activating group) is 1. The fraction of sp³-hybridized carbons (Fsp3) is 0.647. The highest BCUT2D eigenvalue weighted by Crippen LogP contribution is 2.41. The molecule has 3 nitrogen and oxygen atoms in total. The van der Waals surface area contributed by atoms with Crippen molar-refractivity contribution < 1.29 is 4.74 Å². The van der Waals surface area contributed by atoms with Crippen LogP contribution in [0.25, 0.3) is 0 Å². The Balaban J connectivity index is 2.35. The van der Waals surface area contributed by atoms with E-state index >= 15 is 0 Å². The summed E-state index contributed by atoms with van der Waals surface area (Å²) in [5.74, 6) is 1.07. The number of hydrogen-bond acceptors (Lipinski definition) is 3. The Kier molecular flexibility index (Phi) is 4.71. The summed E-state index contributed by atoms with van der Waals surface area (Å²) in [4.78, 5) is 2.45. The Labute approximate surface area is 123 Å². The highest BCUT2D eigenvalue weighted by atomic mass is 16.5. The maximum absolute atomic E-state index is 6.20. The third-order valence-corrected chi connectivity index (χ3v) is 4.06. The molecule has 0 amide bonds. The maximum Gasteiger partial charge on any atom is 0.128 e. The molecule has 0 saturated carbocycles. The first kappa shape index (κ1) is 15.3. The SMILES string of the molecule is CCCN(CC)C(CN)c1cccc2c1OC(C)(C)C2. The van der Waals surface area contributed by atoms with Crippen LogP contribution in [-0.2, 0) is 6.42 Å². The molecule has 0 aliphatic carbocycles. The first-order valence-corrected chi connectivity index (χ1v) is 7.77. The molecule has 1 unspecified atom stereocenters. The molecule has 0 radical (unpaired) electrons. The van der Waals surface area contributed by atoms with Crippen LogP contribution in [0.1, 0.15) is 51.3 Å². The summed E-state index contributed by atoms with van der Waals surface area (Å²) < 4.78 is 6.20. The van der Waals surface area contributed by atoms with Crippen molar-refractivity contribution in [3.05, 3.63) is 29.3 Å². The lowest BCUT2D eigenvalue weighted by Crippen LogP contribution is -2.34. The van der Waals surface area contributed by atoms with E-state index in [2.05, 4.69) is 50.8 Å². The summed E-state index contributed by atoms with van der Waals surface area (Å²) in [6.45, 7) is 11.4. The van der Waals surface area contributed by atoms with Gasteiger partial charge in [0.05, 0.1) is 6.04 Å². The lowest BCUT2D eigenvalue weighted by Gasteiger charge is -2.31. The predicted octanol–water partition coefficient (Wildman–Crippen LogP) is 3.13. The second-order valence-corrected chi connectivity index (χ2v) is 6.25. The molecule has 1 aromatic rings. The standard InChI is InChI=1S/C17H28N2O/c1-5-10-19(6-2)15(12-18)14-9-7-8-13-11-17(3,4)20-16(13)14/h7-9,15H,5-6,10-12,18H2,1-4H3. The van der Waals surface area contributed by atoms with Gasteiger partial charge in [-0.1, -0.05) is 32.0 Å². The highest BCUT2D eigenvalue weighted by molar-refractivity contribution is 5.47. The van der Waals surface area contributed by atoms with Gasteiger partial charge < -0.3 is 10.5 Å². The lowest BCUT2D eigenvalue weighted by molar-refractivity contribution is 0.132. The molecule has 0 spiro atoms. The van der Waals surface area contributed by atoms with Crippen LogP contribution in [0.2, 0.25) is 0 Å². The first-order chi connectivity index (χ1) is 9.52. The number of rotatable bonds is 6. The molecule has 1 heterocycles. The molecular formula is C17H28N2O. The van der Waals surface area contributed by atoms with Crippen molar-refractivity contribution in [3.63, 3.8) is 0 Å². The van der Waals surface area contributed by atoms with Gasteiger partial charge in [0.1, 0.15) is 11.4 Å². The number of fused-ring (bicyclic) bond motifs is 1. The van der Waals surface area contributed by atoms with Crippen molar-refractivity contribution in [2.24, 2.45) is 5.73 Å². The fourth-order valence-corrected chi connectivity index (χ4v) is 3.20. The van der Waals surface area contributed by atoms with E-state index in [1.54, 1.807) is 0 Å². The minimum absolute atomic E-state index is 0.0978. The van der Waals surface area contributed by atoms with Gasteiger partial charge in [-0.05, 0) is 38.9 Å². The topological polar surface area (TPSA) is 38.5 Å². The van der Waals surface area contributed by atoms with Crippen LogP contribution in [0.15, 0.2) is 18.2 Å². The Morgan fingerprint density at radius 3 is 2.70 bits per heavy atom. The summed E-state index contributed by atoms with van der Waals surface area (Å²) in [7, 11) is 0. The molecule has 20 heavy (non-hydrogen) atoms. The van der Waals surface area contributed by atoms with Crippen LogP contribution in [0.4, 0.5) is 0 Å². The molecular weight excluding hydrogens is 248 g/mol. The van der Waals surface area contributed by atoms with Crippen molar-refractivity contribution in [3.8, 4) is 5.75 Å². The minimum atomic E-state index is -0.0978. The number of nitrogens with zero attached hydrogens (tertiary/aromatic N) is 1. The smallest absolute Gasteiger partial charge is 0.128 e. The van der Waals surface area contributed by atoms with Gasteiger partial charge in [0.2, 0.25) is 0 Å². The third kappa shape index (κ3) is 2.99. The Bertz CT molecular complexity index is 456. The molecule has 0 aromatic heterocycles. The van der Waals surface area contributed by atoms with Crippen LogP contribution in [0.3, 0.4) is 0 Å². The third-order valence-electron chi connectivity index (χ3n) is 4.06. The molecule has 2 rings (SSSR count). The largest absolute Gasteiger partial charge is 0.487 e. The van der Waals surface area contributed by atoms with Crippen LogP contribution >= 0.6 is 0 Å². The fourth-order valence-electron chi connectivity index (χ4n) is 3.20. The van der Waals surface area contributed by atoms with E-state index in [0.29, 0.717) is 6.54 Å². The normalized spacial score (nSPS) is 17.9. The van der Waals surface area contributed by atoms with Gasteiger partial charge in [-0.2, -0.15) is 0 Å². The van der Waals surface area contributed by atoms with Crippen molar-refractivity contribution in [2.45, 2.75) is 52.2 Å². The van der Waals surface area contributed by atoms with E-state index in [0.717, 1.165) is 31.7 Å². The van der Waals surface area contributed by atoms with Gasteiger partial charge in [0.25, 0.3) is 0 Å². The van der Waals surface area contributed by atoms with Crippen LogP contribution in [0, 0.1) is 0 Å². The van der Waals surface area contributed by atoms with E-state index in [-0.39, 0.29) is 11.6 Å². The Morgan fingerprint density at radius 2 is 2.10 bits per heavy atom. The minimum Gasteiger partial charge on any atom is -0.487 e. The monoisotopic (exact) mass is 276 g/mol. The average Bonchev–Trinajstić information content (AvgIpc) is 2.73. The lowest BCUT2D eigenvalue weighted by atomic mass is 9.97. The molecule has 1 aliphatic heterocycles. The van der Waals surface area contributed by atoms with Gasteiger partial charge in [-0.3, -0.25) is 4.90 Å². The number of para-hydroxylation sites is 1. The predicted molar refractivity (Wildman–Crippen MR) is 84.2 cm³/mol. The molecule has 1 aliphatic rings. The average molecular weight is 276 g/mol. The zero-order valence-corrected chi connectivity index (χ0v) is 13.3. The quantitative estimate of drug-likeness (QED) is 0.867. The molecule has 1 aromatic carbocycles.